The minimum Gasteiger partial charge on any atom is -0.422 e. The van der Waals surface area contributed by atoms with E-state index in [9.17, 15) is 4.79 Å². The van der Waals surface area contributed by atoms with Gasteiger partial charge in [-0.2, -0.15) is 0 Å². The molecule has 1 aromatic carbocycles. The fourth-order valence-corrected chi connectivity index (χ4v) is 3.38. The molecule has 0 spiro atoms. The molecule has 1 aliphatic rings. The van der Waals surface area contributed by atoms with Crippen LogP contribution in [-0.4, -0.2) is 42.0 Å². The zero-order valence-corrected chi connectivity index (χ0v) is 16.8. The Kier molecular flexibility index (Phi) is 6.27. The zero-order valence-electron chi connectivity index (χ0n) is 15.2. The molecule has 1 aromatic heterocycles. The maximum Gasteiger partial charge on any atom is 0.313 e. The van der Waals surface area contributed by atoms with Crippen LogP contribution in [-0.2, 0) is 11.3 Å². The van der Waals surface area contributed by atoms with Crippen molar-refractivity contribution in [1.29, 1.82) is 0 Å². The highest BCUT2D eigenvalue weighted by atomic mass is 79.9. The number of carbonyl (C=O) groups excluding carboxylic acids is 1. The van der Waals surface area contributed by atoms with Gasteiger partial charge >= 0.3 is 5.97 Å². The minimum absolute atomic E-state index is 0.162. The number of hydrogen-bond acceptors (Lipinski definition) is 5. The SMILES string of the molecule is CC(C)C(=O)Oc1cccnc1N1CCN(Cc2cccc(Br)c2)CC1. The number of halogens is 1. The first-order chi connectivity index (χ1) is 12.5. The normalized spacial score (nSPS) is 15.3. The molecule has 1 aliphatic heterocycles. The molecule has 0 unspecified atom stereocenters. The lowest BCUT2D eigenvalue weighted by Crippen LogP contribution is -2.46. The predicted molar refractivity (Wildman–Crippen MR) is 106 cm³/mol. The Hall–Kier alpha value is -1.92. The summed E-state index contributed by atoms with van der Waals surface area (Å²) in [4.78, 5) is 21.0. The van der Waals surface area contributed by atoms with Crippen molar-refractivity contribution in [3.63, 3.8) is 0 Å². The van der Waals surface area contributed by atoms with Crippen molar-refractivity contribution >= 4 is 27.7 Å². The molecule has 2 heterocycles. The number of benzene rings is 1. The van der Waals surface area contributed by atoms with Crippen molar-refractivity contribution in [1.82, 2.24) is 9.88 Å². The Labute approximate surface area is 163 Å². The van der Waals surface area contributed by atoms with Crippen LogP contribution in [0.2, 0.25) is 0 Å². The van der Waals surface area contributed by atoms with Gasteiger partial charge in [0.15, 0.2) is 11.6 Å². The number of carbonyl (C=O) groups is 1. The molecule has 2 aromatic rings. The summed E-state index contributed by atoms with van der Waals surface area (Å²) in [5.41, 5.74) is 1.30. The second kappa shape index (κ2) is 8.64. The Morgan fingerprint density at radius 2 is 1.96 bits per heavy atom. The molecule has 0 radical (unpaired) electrons. The Balaban J connectivity index is 1.62. The first kappa shape index (κ1) is 18.9. The molecule has 5 nitrogen and oxygen atoms in total. The maximum atomic E-state index is 11.9. The summed E-state index contributed by atoms with van der Waals surface area (Å²) in [7, 11) is 0. The third-order valence-corrected chi connectivity index (χ3v) is 4.89. The molecule has 1 fully saturated rings. The average molecular weight is 418 g/mol. The molecule has 0 aliphatic carbocycles. The summed E-state index contributed by atoms with van der Waals surface area (Å²) in [5.74, 6) is 0.910. The van der Waals surface area contributed by atoms with Crippen LogP contribution < -0.4 is 9.64 Å². The van der Waals surface area contributed by atoms with Gasteiger partial charge in [-0.25, -0.2) is 4.98 Å². The van der Waals surface area contributed by atoms with Crippen molar-refractivity contribution in [2.24, 2.45) is 5.92 Å². The third kappa shape index (κ3) is 4.83. The van der Waals surface area contributed by atoms with Crippen molar-refractivity contribution < 1.29 is 9.53 Å². The van der Waals surface area contributed by atoms with Crippen LogP contribution in [0, 0.1) is 5.92 Å². The topological polar surface area (TPSA) is 45.7 Å². The number of aromatic nitrogens is 1. The van der Waals surface area contributed by atoms with E-state index >= 15 is 0 Å². The quantitative estimate of drug-likeness (QED) is 0.693. The highest BCUT2D eigenvalue weighted by Crippen LogP contribution is 2.27. The standard InChI is InChI=1S/C20H24BrN3O2/c1-15(2)20(25)26-18-7-4-8-22-19(18)24-11-9-23(10-12-24)14-16-5-3-6-17(21)13-16/h3-8,13,15H,9-12,14H2,1-2H3. The fraction of sp³-hybridized carbons (Fsp3) is 0.400. The Morgan fingerprint density at radius 3 is 2.65 bits per heavy atom. The van der Waals surface area contributed by atoms with Crippen LogP contribution in [0.1, 0.15) is 19.4 Å². The fourth-order valence-electron chi connectivity index (χ4n) is 2.94. The van der Waals surface area contributed by atoms with E-state index in [1.807, 2.05) is 26.0 Å². The van der Waals surface area contributed by atoms with Crippen molar-refractivity contribution in [3.05, 3.63) is 52.6 Å². The van der Waals surface area contributed by atoms with E-state index in [0.29, 0.717) is 5.75 Å². The van der Waals surface area contributed by atoms with Gasteiger partial charge in [0.2, 0.25) is 0 Å². The molecule has 0 amide bonds. The van der Waals surface area contributed by atoms with E-state index in [4.69, 9.17) is 4.74 Å². The van der Waals surface area contributed by atoms with Gasteiger partial charge in [0.25, 0.3) is 0 Å². The predicted octanol–water partition coefficient (Wildman–Crippen LogP) is 3.73. The Morgan fingerprint density at radius 1 is 1.19 bits per heavy atom. The highest BCUT2D eigenvalue weighted by molar-refractivity contribution is 9.10. The van der Waals surface area contributed by atoms with Crippen molar-refractivity contribution in [2.45, 2.75) is 20.4 Å². The lowest BCUT2D eigenvalue weighted by atomic mass is 10.2. The first-order valence-electron chi connectivity index (χ1n) is 8.91. The monoisotopic (exact) mass is 417 g/mol. The molecular formula is C20H24BrN3O2. The smallest absolute Gasteiger partial charge is 0.313 e. The Bertz CT molecular complexity index is 758. The largest absolute Gasteiger partial charge is 0.422 e. The maximum absolute atomic E-state index is 11.9. The summed E-state index contributed by atoms with van der Waals surface area (Å²) in [6, 6.07) is 12.0. The number of pyridine rings is 1. The van der Waals surface area contributed by atoms with Crippen LogP contribution in [0.15, 0.2) is 47.1 Å². The molecule has 0 atom stereocenters. The summed E-state index contributed by atoms with van der Waals surface area (Å²) < 4.78 is 6.64. The summed E-state index contributed by atoms with van der Waals surface area (Å²) in [6.07, 6.45) is 1.75. The molecule has 0 saturated carbocycles. The van der Waals surface area contributed by atoms with Crippen LogP contribution in [0.4, 0.5) is 5.82 Å². The number of hydrogen-bond donors (Lipinski definition) is 0. The molecule has 6 heteroatoms. The van der Waals surface area contributed by atoms with Gasteiger partial charge in [0.1, 0.15) is 0 Å². The van der Waals surface area contributed by atoms with E-state index in [2.05, 4.69) is 48.9 Å². The lowest BCUT2D eigenvalue weighted by Gasteiger charge is -2.35. The highest BCUT2D eigenvalue weighted by Gasteiger charge is 2.22. The van der Waals surface area contributed by atoms with Gasteiger partial charge in [0.05, 0.1) is 5.92 Å². The molecule has 26 heavy (non-hydrogen) atoms. The molecule has 1 saturated heterocycles. The number of ether oxygens (including phenoxy) is 1. The van der Waals surface area contributed by atoms with E-state index in [1.54, 1.807) is 12.3 Å². The number of nitrogens with zero attached hydrogens (tertiary/aromatic N) is 3. The van der Waals surface area contributed by atoms with E-state index in [1.165, 1.54) is 5.56 Å². The first-order valence-corrected chi connectivity index (χ1v) is 9.70. The van der Waals surface area contributed by atoms with Crippen molar-refractivity contribution in [2.75, 3.05) is 31.1 Å². The van der Waals surface area contributed by atoms with Crippen LogP contribution >= 0.6 is 15.9 Å². The second-order valence-electron chi connectivity index (χ2n) is 6.79. The number of anilines is 1. The second-order valence-corrected chi connectivity index (χ2v) is 7.71. The van der Waals surface area contributed by atoms with E-state index in [-0.39, 0.29) is 11.9 Å². The van der Waals surface area contributed by atoms with Gasteiger partial charge in [-0.05, 0) is 29.8 Å². The van der Waals surface area contributed by atoms with Gasteiger partial charge in [-0.1, -0.05) is 41.9 Å². The zero-order chi connectivity index (χ0) is 18.5. The molecule has 0 N–H and O–H groups in total. The average Bonchev–Trinajstić information content (AvgIpc) is 2.63. The molecule has 138 valence electrons. The molecule has 3 rings (SSSR count). The third-order valence-electron chi connectivity index (χ3n) is 4.40. The van der Waals surface area contributed by atoms with Gasteiger partial charge in [0, 0.05) is 43.4 Å². The van der Waals surface area contributed by atoms with Crippen LogP contribution in [0.3, 0.4) is 0 Å². The minimum atomic E-state index is -0.229. The summed E-state index contributed by atoms with van der Waals surface area (Å²) in [6.45, 7) is 8.21. The van der Waals surface area contributed by atoms with Crippen LogP contribution in [0.5, 0.6) is 5.75 Å². The number of esters is 1. The number of piperazine rings is 1. The summed E-state index contributed by atoms with van der Waals surface area (Å²) in [5, 5.41) is 0. The molecular weight excluding hydrogens is 394 g/mol. The van der Waals surface area contributed by atoms with Crippen LogP contribution in [0.25, 0.3) is 0 Å². The van der Waals surface area contributed by atoms with E-state index < -0.39 is 0 Å². The molecule has 0 bridgehead atoms. The van der Waals surface area contributed by atoms with E-state index in [0.717, 1.165) is 43.0 Å². The lowest BCUT2D eigenvalue weighted by molar-refractivity contribution is -0.137. The van der Waals surface area contributed by atoms with Gasteiger partial charge < -0.3 is 9.64 Å². The van der Waals surface area contributed by atoms with Gasteiger partial charge in [-0.15, -0.1) is 0 Å². The number of rotatable bonds is 5. The van der Waals surface area contributed by atoms with Crippen molar-refractivity contribution in [3.8, 4) is 5.75 Å². The van der Waals surface area contributed by atoms with Gasteiger partial charge in [-0.3, -0.25) is 9.69 Å². The summed E-state index contributed by atoms with van der Waals surface area (Å²) >= 11 is 3.53.